The van der Waals surface area contributed by atoms with Crippen molar-refractivity contribution < 1.29 is 17.6 Å². The Morgan fingerprint density at radius 1 is 1.19 bits per heavy atom. The smallest absolute Gasteiger partial charge is 0.320 e. The fourth-order valence-corrected chi connectivity index (χ4v) is 7.15. The number of urea groups is 1. The predicted molar refractivity (Wildman–Crippen MR) is 141 cm³/mol. The van der Waals surface area contributed by atoms with Crippen molar-refractivity contribution in [3.05, 3.63) is 72.5 Å². The van der Waals surface area contributed by atoms with E-state index in [2.05, 4.69) is 5.10 Å². The molecule has 0 atom stereocenters. The number of carbonyl (C=O) groups excluding carboxylic acids is 1. The van der Waals surface area contributed by atoms with Gasteiger partial charge < -0.3 is 4.90 Å². The summed E-state index contributed by atoms with van der Waals surface area (Å²) in [7, 11) is -2.92. The standard InChI is InChI=1S/C22H19Cl4FN4O3S2/c1-30(22(32)29-36(33,34)19-8-17(25)21(26)35-19)11-18(27)15-4-2-3-12-9-28-31(20(12)15)10-13-5-6-14(23)7-16(13)24/h5-9H,2-4,10-11H2,1H3,(H,29,32)/b18-15-. The van der Waals surface area contributed by atoms with Gasteiger partial charge in [0.15, 0.2) is 0 Å². The summed E-state index contributed by atoms with van der Waals surface area (Å²) >= 11 is 24.6. The van der Waals surface area contributed by atoms with Crippen LogP contribution in [0.25, 0.3) is 5.57 Å². The van der Waals surface area contributed by atoms with Gasteiger partial charge in [-0.15, -0.1) is 11.3 Å². The number of aryl methyl sites for hydroxylation is 1. The Bertz CT molecular complexity index is 1450. The number of allylic oxidation sites excluding steroid dienone is 1. The highest BCUT2D eigenvalue weighted by Gasteiger charge is 2.27. The van der Waals surface area contributed by atoms with Gasteiger partial charge in [0, 0.05) is 22.7 Å². The maximum Gasteiger partial charge on any atom is 0.331 e. The van der Waals surface area contributed by atoms with E-state index >= 15 is 4.39 Å². The Hall–Kier alpha value is -1.82. The molecular weight excluding hydrogens is 593 g/mol. The van der Waals surface area contributed by atoms with E-state index in [-0.39, 0.29) is 13.6 Å². The molecule has 0 saturated heterocycles. The summed E-state index contributed by atoms with van der Waals surface area (Å²) in [6, 6.07) is 5.28. The van der Waals surface area contributed by atoms with Crippen molar-refractivity contribution in [3.63, 3.8) is 0 Å². The third kappa shape index (κ3) is 5.84. The number of halogens is 5. The second kappa shape index (κ2) is 10.9. The Balaban J connectivity index is 1.54. The summed E-state index contributed by atoms with van der Waals surface area (Å²) in [5.74, 6) is -0.558. The van der Waals surface area contributed by atoms with E-state index in [0.29, 0.717) is 52.0 Å². The molecule has 192 valence electrons. The summed E-state index contributed by atoms with van der Waals surface area (Å²) in [6.45, 7) is -0.127. The van der Waals surface area contributed by atoms with Gasteiger partial charge in [0.2, 0.25) is 0 Å². The van der Waals surface area contributed by atoms with Crippen molar-refractivity contribution in [2.45, 2.75) is 30.0 Å². The number of hydrogen-bond acceptors (Lipinski definition) is 5. The maximum absolute atomic E-state index is 15.5. The van der Waals surface area contributed by atoms with E-state index in [4.69, 9.17) is 46.4 Å². The molecule has 0 aliphatic heterocycles. The molecule has 4 rings (SSSR count). The zero-order valence-electron chi connectivity index (χ0n) is 18.7. The van der Waals surface area contributed by atoms with Crippen LogP contribution < -0.4 is 4.72 Å². The molecule has 3 aromatic rings. The highest BCUT2D eigenvalue weighted by Crippen LogP contribution is 2.36. The third-order valence-corrected chi connectivity index (χ3v) is 9.81. The summed E-state index contributed by atoms with van der Waals surface area (Å²) in [6.07, 6.45) is 3.60. The molecule has 2 heterocycles. The predicted octanol–water partition coefficient (Wildman–Crippen LogP) is 6.65. The third-order valence-electron chi connectivity index (χ3n) is 5.57. The van der Waals surface area contributed by atoms with Gasteiger partial charge in [0.25, 0.3) is 10.0 Å². The summed E-state index contributed by atoms with van der Waals surface area (Å²) in [5.41, 5.74) is 2.71. The average molecular weight is 612 g/mol. The molecule has 1 N–H and O–H groups in total. The molecule has 0 fully saturated rings. The lowest BCUT2D eigenvalue weighted by atomic mass is 9.92. The molecule has 14 heteroatoms. The van der Waals surface area contributed by atoms with E-state index < -0.39 is 28.4 Å². The number of benzene rings is 1. The average Bonchev–Trinajstić information content (AvgIpc) is 3.38. The summed E-state index contributed by atoms with van der Waals surface area (Å²) < 4.78 is 43.9. The lowest BCUT2D eigenvalue weighted by Gasteiger charge is -2.22. The molecule has 1 aromatic carbocycles. The molecule has 2 aromatic heterocycles. The highest BCUT2D eigenvalue weighted by molar-refractivity contribution is 7.92. The van der Waals surface area contributed by atoms with Crippen molar-refractivity contribution in [2.24, 2.45) is 0 Å². The first kappa shape index (κ1) is 27.2. The van der Waals surface area contributed by atoms with Gasteiger partial charge in [-0.3, -0.25) is 4.68 Å². The van der Waals surface area contributed by atoms with Crippen LogP contribution in [0.15, 0.2) is 40.5 Å². The van der Waals surface area contributed by atoms with Crippen LogP contribution in [0.5, 0.6) is 0 Å². The van der Waals surface area contributed by atoms with Crippen molar-refractivity contribution in [1.29, 1.82) is 0 Å². The van der Waals surface area contributed by atoms with Crippen LogP contribution in [0, 0.1) is 0 Å². The number of thiophene rings is 1. The number of rotatable bonds is 6. The van der Waals surface area contributed by atoms with Crippen LogP contribution in [0.3, 0.4) is 0 Å². The van der Waals surface area contributed by atoms with Crippen LogP contribution in [-0.2, 0) is 23.0 Å². The minimum absolute atomic E-state index is 0.0585. The summed E-state index contributed by atoms with van der Waals surface area (Å²) in [4.78, 5) is 13.5. The fourth-order valence-electron chi connectivity index (χ4n) is 3.80. The highest BCUT2D eigenvalue weighted by atomic mass is 35.5. The molecule has 0 saturated carbocycles. The zero-order chi connectivity index (χ0) is 26.2. The number of nitrogens with one attached hydrogen (secondary N) is 1. The van der Waals surface area contributed by atoms with Gasteiger partial charge in [0.1, 0.15) is 14.4 Å². The molecule has 1 aliphatic rings. The fraction of sp³-hybridized carbons (Fsp3) is 0.273. The Labute approximate surface area is 231 Å². The minimum Gasteiger partial charge on any atom is -0.320 e. The molecule has 2 amide bonds. The zero-order valence-corrected chi connectivity index (χ0v) is 23.4. The van der Waals surface area contributed by atoms with Gasteiger partial charge >= 0.3 is 6.03 Å². The Kier molecular flexibility index (Phi) is 8.23. The molecular formula is C22H19Cl4FN4O3S2. The van der Waals surface area contributed by atoms with Gasteiger partial charge in [-0.25, -0.2) is 22.3 Å². The molecule has 0 spiro atoms. The van der Waals surface area contributed by atoms with E-state index in [1.165, 1.54) is 7.05 Å². The monoisotopic (exact) mass is 610 g/mol. The van der Waals surface area contributed by atoms with E-state index in [1.54, 1.807) is 29.1 Å². The van der Waals surface area contributed by atoms with Crippen molar-refractivity contribution in [3.8, 4) is 0 Å². The molecule has 0 unspecified atom stereocenters. The topological polar surface area (TPSA) is 84.3 Å². The summed E-state index contributed by atoms with van der Waals surface area (Å²) in [5, 5.41) is 5.46. The van der Waals surface area contributed by atoms with Gasteiger partial charge in [0.05, 0.1) is 30.0 Å². The van der Waals surface area contributed by atoms with Crippen LogP contribution in [0.2, 0.25) is 19.4 Å². The molecule has 36 heavy (non-hydrogen) atoms. The van der Waals surface area contributed by atoms with E-state index in [1.807, 2.05) is 4.72 Å². The second-order valence-electron chi connectivity index (χ2n) is 8.10. The first-order valence-corrected chi connectivity index (χ1v) is 14.4. The number of nitrogens with zero attached hydrogens (tertiary/aromatic N) is 3. The van der Waals surface area contributed by atoms with Gasteiger partial charge in [-0.2, -0.15) is 5.10 Å². The lowest BCUT2D eigenvalue weighted by Crippen LogP contribution is -2.41. The normalized spacial score (nSPS) is 14.9. The minimum atomic E-state index is -4.22. The lowest BCUT2D eigenvalue weighted by molar-refractivity contribution is 0.215. The SMILES string of the molecule is CN(C/C(F)=C1\CCCc2cnn(Cc3ccc(Cl)cc3Cl)c21)C(=O)NS(=O)(=O)c1cc(Cl)c(Cl)s1. The maximum atomic E-state index is 15.5. The molecule has 0 radical (unpaired) electrons. The van der Waals surface area contributed by atoms with Crippen molar-refractivity contribution >= 4 is 79.4 Å². The molecule has 0 bridgehead atoms. The number of carbonyl (C=O) groups is 1. The Morgan fingerprint density at radius 3 is 2.61 bits per heavy atom. The van der Waals surface area contributed by atoms with Crippen LogP contribution >= 0.6 is 57.7 Å². The number of likely N-dealkylation sites (N-methyl/N-ethyl adjacent to an activating group) is 1. The van der Waals surface area contributed by atoms with Gasteiger partial charge in [-0.1, -0.05) is 52.5 Å². The quantitative estimate of drug-likeness (QED) is 0.338. The van der Waals surface area contributed by atoms with Gasteiger partial charge in [-0.05, 0) is 48.6 Å². The molecule has 7 nitrogen and oxygen atoms in total. The van der Waals surface area contributed by atoms with Crippen LogP contribution in [-0.4, -0.2) is 42.7 Å². The van der Waals surface area contributed by atoms with E-state index in [9.17, 15) is 13.2 Å². The largest absolute Gasteiger partial charge is 0.331 e. The van der Waals surface area contributed by atoms with Crippen molar-refractivity contribution in [2.75, 3.05) is 13.6 Å². The number of amides is 2. The number of hydrogen-bond donors (Lipinski definition) is 1. The first-order chi connectivity index (χ1) is 17.0. The van der Waals surface area contributed by atoms with Crippen molar-refractivity contribution in [1.82, 2.24) is 19.4 Å². The number of aromatic nitrogens is 2. The number of sulfonamides is 1. The van der Waals surface area contributed by atoms with Crippen LogP contribution in [0.1, 0.15) is 29.7 Å². The number of fused-ring (bicyclic) bond motifs is 1. The van der Waals surface area contributed by atoms with E-state index in [0.717, 1.165) is 28.5 Å². The second-order valence-corrected chi connectivity index (χ2v) is 12.9. The molecule has 1 aliphatic carbocycles. The first-order valence-electron chi connectivity index (χ1n) is 10.6. The van der Waals surface area contributed by atoms with Crippen LogP contribution in [0.4, 0.5) is 9.18 Å². The Morgan fingerprint density at radius 2 is 1.94 bits per heavy atom.